The number of carbonyl (C=O) groups excluding carboxylic acids is 2. The molecule has 5 rings (SSSR count). The molecule has 228 valence electrons. The number of rotatable bonds is 12. The van der Waals surface area contributed by atoms with Crippen LogP contribution in [0.25, 0.3) is 0 Å². The Morgan fingerprint density at radius 1 is 0.930 bits per heavy atom. The van der Waals surface area contributed by atoms with Gasteiger partial charge in [0.1, 0.15) is 6.04 Å². The summed E-state index contributed by atoms with van der Waals surface area (Å²) in [5.74, 6) is -0.147. The lowest BCUT2D eigenvalue weighted by Gasteiger charge is -2.42. The minimum Gasteiger partial charge on any atom is -0.344 e. The van der Waals surface area contributed by atoms with Gasteiger partial charge in [-0.05, 0) is 47.5 Å². The highest BCUT2D eigenvalue weighted by atomic mass is 35.5. The van der Waals surface area contributed by atoms with Crippen molar-refractivity contribution in [3.63, 3.8) is 0 Å². The number of likely N-dealkylation sites (N-methyl/N-ethyl adjacent to an activating group) is 1. The molecule has 2 amide bonds. The molecule has 7 nitrogen and oxygen atoms in total. The second-order valence-electron chi connectivity index (χ2n) is 11.6. The number of nitrogens with one attached hydrogen (secondary N) is 2. The molecule has 2 heterocycles. The fraction of sp³-hybridized carbons (Fsp3) is 0.429. The first-order valence-electron chi connectivity index (χ1n) is 15.6. The highest BCUT2D eigenvalue weighted by molar-refractivity contribution is 6.30. The molecular weight excluding hydrogens is 558 g/mol. The monoisotopic (exact) mass is 601 g/mol. The van der Waals surface area contributed by atoms with Crippen molar-refractivity contribution in [2.45, 2.75) is 51.4 Å². The Morgan fingerprint density at radius 3 is 2.30 bits per heavy atom. The van der Waals surface area contributed by atoms with Crippen molar-refractivity contribution >= 4 is 23.4 Å². The number of piperazine rings is 1. The first kappa shape index (κ1) is 31.2. The minimum atomic E-state index is -0.641. The quantitative estimate of drug-likeness (QED) is 0.311. The molecule has 1 fully saturated rings. The maximum Gasteiger partial charge on any atom is 0.245 e. The van der Waals surface area contributed by atoms with Gasteiger partial charge in [-0.1, -0.05) is 92.2 Å². The van der Waals surface area contributed by atoms with Gasteiger partial charge >= 0.3 is 0 Å². The fourth-order valence-electron chi connectivity index (χ4n) is 6.36. The molecule has 43 heavy (non-hydrogen) atoms. The lowest BCUT2D eigenvalue weighted by Crippen LogP contribution is -2.56. The number of hydrogen-bond acceptors (Lipinski definition) is 5. The third-order valence-corrected chi connectivity index (χ3v) is 9.17. The summed E-state index contributed by atoms with van der Waals surface area (Å²) in [5.41, 5.74) is 4.66. The van der Waals surface area contributed by atoms with E-state index in [1.807, 2.05) is 41.3 Å². The number of fused-ring (bicyclic) bond motifs is 1. The molecule has 0 aliphatic carbocycles. The summed E-state index contributed by atoms with van der Waals surface area (Å²) < 4.78 is 0. The maximum absolute atomic E-state index is 14.0. The second kappa shape index (κ2) is 15.0. The number of amides is 2. The summed E-state index contributed by atoms with van der Waals surface area (Å²) in [4.78, 5) is 34.3. The predicted molar refractivity (Wildman–Crippen MR) is 173 cm³/mol. The number of carbonyl (C=O) groups is 2. The molecule has 2 unspecified atom stereocenters. The van der Waals surface area contributed by atoms with Crippen molar-refractivity contribution in [1.29, 1.82) is 0 Å². The number of hydrogen-bond donors (Lipinski definition) is 2. The molecule has 3 aromatic carbocycles. The standard InChI is InChI=1S/C35H44ClN5O2/c1-3-39(4-2)25-33(27-10-6-5-7-11-27)40-18-20-41(21-19-40)35(43)32(22-26-14-16-29(36)17-15-26)38-34(42)23-31-30-13-9-8-12-28(30)24-37-31/h5-17,31-33,37H,3-4,18-25H2,1-2H3,(H,38,42)/t31?,32-,33?/m1/s1. The van der Waals surface area contributed by atoms with E-state index in [-0.39, 0.29) is 23.9 Å². The van der Waals surface area contributed by atoms with E-state index in [1.165, 1.54) is 11.1 Å². The van der Waals surface area contributed by atoms with Crippen LogP contribution in [-0.2, 0) is 22.6 Å². The normalized spacial score (nSPS) is 18.3. The van der Waals surface area contributed by atoms with Crippen LogP contribution in [0.5, 0.6) is 0 Å². The van der Waals surface area contributed by atoms with Crippen molar-refractivity contribution in [1.82, 2.24) is 25.3 Å². The Balaban J connectivity index is 1.26. The smallest absolute Gasteiger partial charge is 0.245 e. The average molecular weight is 602 g/mol. The highest BCUT2D eigenvalue weighted by Crippen LogP contribution is 2.28. The van der Waals surface area contributed by atoms with Gasteiger partial charge in [-0.2, -0.15) is 0 Å². The summed E-state index contributed by atoms with van der Waals surface area (Å²) in [6, 6.07) is 26.0. The van der Waals surface area contributed by atoms with Gasteiger partial charge in [0.2, 0.25) is 11.8 Å². The molecule has 8 heteroatoms. The molecule has 1 saturated heterocycles. The predicted octanol–water partition coefficient (Wildman–Crippen LogP) is 4.83. The van der Waals surface area contributed by atoms with Gasteiger partial charge in [0, 0.05) is 69.2 Å². The van der Waals surface area contributed by atoms with Gasteiger partial charge in [0.25, 0.3) is 0 Å². The summed E-state index contributed by atoms with van der Waals surface area (Å²) in [7, 11) is 0. The third-order valence-electron chi connectivity index (χ3n) is 8.92. The molecule has 2 aliphatic rings. The SMILES string of the molecule is CCN(CC)CC(c1ccccc1)N1CCN(C(=O)[C@@H](Cc2ccc(Cl)cc2)NC(=O)CC2NCc3ccccc32)CC1. The largest absolute Gasteiger partial charge is 0.344 e. The van der Waals surface area contributed by atoms with E-state index in [0.717, 1.165) is 50.4 Å². The van der Waals surface area contributed by atoms with Gasteiger partial charge < -0.3 is 20.4 Å². The highest BCUT2D eigenvalue weighted by Gasteiger charge is 2.33. The van der Waals surface area contributed by atoms with E-state index in [2.05, 4.69) is 76.7 Å². The fourth-order valence-corrected chi connectivity index (χ4v) is 6.49. The van der Waals surface area contributed by atoms with Crippen LogP contribution in [0.2, 0.25) is 5.02 Å². The summed E-state index contributed by atoms with van der Waals surface area (Å²) >= 11 is 6.13. The molecule has 2 N–H and O–H groups in total. The van der Waals surface area contributed by atoms with Gasteiger partial charge in [0.15, 0.2) is 0 Å². The molecule has 0 aromatic heterocycles. The number of benzene rings is 3. The summed E-state index contributed by atoms with van der Waals surface area (Å²) in [6.45, 7) is 11.0. The zero-order valence-corrected chi connectivity index (χ0v) is 26.1. The number of halogens is 1. The Labute approximate surface area is 261 Å². The Morgan fingerprint density at radius 2 is 1.60 bits per heavy atom. The minimum absolute atomic E-state index is 0.0252. The van der Waals surface area contributed by atoms with Crippen LogP contribution in [0.1, 0.15) is 54.6 Å². The van der Waals surface area contributed by atoms with Crippen molar-refractivity contribution in [3.8, 4) is 0 Å². The van der Waals surface area contributed by atoms with E-state index in [1.54, 1.807) is 0 Å². The van der Waals surface area contributed by atoms with Crippen LogP contribution in [-0.4, -0.2) is 78.4 Å². The van der Waals surface area contributed by atoms with Gasteiger partial charge in [-0.3, -0.25) is 14.5 Å². The second-order valence-corrected chi connectivity index (χ2v) is 12.0. The lowest BCUT2D eigenvalue weighted by molar-refractivity contribution is -0.138. The molecule has 0 spiro atoms. The van der Waals surface area contributed by atoms with E-state index in [0.29, 0.717) is 31.0 Å². The third kappa shape index (κ3) is 8.03. The van der Waals surface area contributed by atoms with Crippen LogP contribution < -0.4 is 10.6 Å². The first-order chi connectivity index (χ1) is 20.9. The molecule has 0 bridgehead atoms. The van der Waals surface area contributed by atoms with E-state index < -0.39 is 6.04 Å². The average Bonchev–Trinajstić information content (AvgIpc) is 3.45. The van der Waals surface area contributed by atoms with Gasteiger partial charge in [-0.15, -0.1) is 0 Å². The zero-order valence-electron chi connectivity index (χ0n) is 25.3. The van der Waals surface area contributed by atoms with Crippen LogP contribution in [0, 0.1) is 0 Å². The maximum atomic E-state index is 14.0. The Kier molecular flexibility index (Phi) is 10.9. The summed E-state index contributed by atoms with van der Waals surface area (Å²) in [6.07, 6.45) is 0.713. The number of nitrogens with zero attached hydrogens (tertiary/aromatic N) is 3. The summed E-state index contributed by atoms with van der Waals surface area (Å²) in [5, 5.41) is 7.21. The van der Waals surface area contributed by atoms with Crippen molar-refractivity contribution in [2.24, 2.45) is 0 Å². The van der Waals surface area contributed by atoms with Gasteiger partial charge in [0.05, 0.1) is 0 Å². The van der Waals surface area contributed by atoms with Crippen LogP contribution in [0.15, 0.2) is 78.9 Å². The Hall–Kier alpha value is -3.23. The molecule has 0 radical (unpaired) electrons. The van der Waals surface area contributed by atoms with E-state index in [4.69, 9.17) is 11.6 Å². The van der Waals surface area contributed by atoms with Crippen molar-refractivity contribution < 1.29 is 9.59 Å². The van der Waals surface area contributed by atoms with Crippen molar-refractivity contribution in [3.05, 3.63) is 106 Å². The first-order valence-corrected chi connectivity index (χ1v) is 16.0. The topological polar surface area (TPSA) is 67.9 Å². The van der Waals surface area contributed by atoms with Crippen LogP contribution in [0.4, 0.5) is 0 Å². The van der Waals surface area contributed by atoms with E-state index in [9.17, 15) is 9.59 Å². The zero-order chi connectivity index (χ0) is 30.2. The van der Waals surface area contributed by atoms with Crippen LogP contribution in [0.3, 0.4) is 0 Å². The van der Waals surface area contributed by atoms with Crippen molar-refractivity contribution in [2.75, 3.05) is 45.8 Å². The molecule has 0 saturated carbocycles. The van der Waals surface area contributed by atoms with E-state index >= 15 is 0 Å². The Bertz CT molecular complexity index is 1340. The van der Waals surface area contributed by atoms with Crippen LogP contribution >= 0.6 is 11.6 Å². The molecule has 3 atom stereocenters. The van der Waals surface area contributed by atoms with Gasteiger partial charge in [-0.25, -0.2) is 0 Å². The molecular formula is C35H44ClN5O2. The molecule has 2 aliphatic heterocycles. The molecule has 3 aromatic rings. The lowest BCUT2D eigenvalue weighted by atomic mass is 10.0.